The zero-order chi connectivity index (χ0) is 13.2. The number of alkyl halides is 1. The molecular weight excluding hydrogens is 250 g/mol. The lowest BCUT2D eigenvalue weighted by atomic mass is 10.2. The van der Waals surface area contributed by atoms with Crippen LogP contribution in [0.1, 0.15) is 5.56 Å². The summed E-state index contributed by atoms with van der Waals surface area (Å²) in [6, 6.07) is 11.5. The Balaban J connectivity index is 2.48. The average molecular weight is 264 g/mol. The number of nitrogens with one attached hydrogen (secondary N) is 2. The second kappa shape index (κ2) is 8.15. The first-order chi connectivity index (χ1) is 8.77. The Bertz CT molecular complexity index is 451. The van der Waals surface area contributed by atoms with Gasteiger partial charge in [0.05, 0.1) is 0 Å². The van der Waals surface area contributed by atoms with Crippen molar-refractivity contribution in [1.82, 2.24) is 10.6 Å². The first-order valence-corrected chi connectivity index (χ1v) is 6.03. The molecule has 0 aromatic heterocycles. The predicted octanol–water partition coefficient (Wildman–Crippen LogP) is 1.54. The number of nitrogens with zero attached hydrogens (tertiary/aromatic N) is 1. The van der Waals surface area contributed by atoms with Gasteiger partial charge in [0.25, 0.3) is 5.91 Å². The largest absolute Gasteiger partial charge is 0.386 e. The lowest BCUT2D eigenvalue weighted by Gasteiger charge is -2.03. The Kier molecular flexibility index (Phi) is 6.37. The van der Waals surface area contributed by atoms with Crippen molar-refractivity contribution in [3.8, 4) is 6.07 Å². The maximum atomic E-state index is 11.5. The first kappa shape index (κ1) is 14.1. The van der Waals surface area contributed by atoms with Gasteiger partial charge in [-0.25, -0.2) is 0 Å². The van der Waals surface area contributed by atoms with Crippen LogP contribution in [0.3, 0.4) is 0 Å². The molecule has 1 aromatic rings. The summed E-state index contributed by atoms with van der Waals surface area (Å²) in [5.41, 5.74) is 1.11. The van der Waals surface area contributed by atoms with E-state index in [0.717, 1.165) is 5.56 Å². The second-order valence-corrected chi connectivity index (χ2v) is 3.86. The van der Waals surface area contributed by atoms with Crippen LogP contribution in [-0.2, 0) is 11.3 Å². The molecule has 0 atom stereocenters. The third-order valence-electron chi connectivity index (χ3n) is 2.14. The fourth-order valence-corrected chi connectivity index (χ4v) is 1.37. The molecule has 0 saturated heterocycles. The smallest absolute Gasteiger partial charge is 0.263 e. The molecule has 2 N–H and O–H groups in total. The molecule has 5 heteroatoms. The summed E-state index contributed by atoms with van der Waals surface area (Å²) in [5.74, 6) is -0.0965. The molecule has 0 aliphatic rings. The molecule has 1 amide bonds. The maximum Gasteiger partial charge on any atom is 0.263 e. The average Bonchev–Trinajstić information content (AvgIpc) is 2.42. The normalized spacial score (nSPS) is 10.6. The van der Waals surface area contributed by atoms with Crippen molar-refractivity contribution in [2.75, 3.05) is 12.4 Å². The Morgan fingerprint density at radius 1 is 1.39 bits per heavy atom. The molecule has 18 heavy (non-hydrogen) atoms. The SMILES string of the molecule is N#C/C(=C/NCc1ccccc1)C(=O)NCCCl. The number of rotatable bonds is 6. The lowest BCUT2D eigenvalue weighted by Crippen LogP contribution is -2.27. The van der Waals surface area contributed by atoms with E-state index in [1.165, 1.54) is 6.20 Å². The highest BCUT2D eigenvalue weighted by molar-refractivity contribution is 6.18. The van der Waals surface area contributed by atoms with Gasteiger partial charge >= 0.3 is 0 Å². The molecule has 1 rings (SSSR count). The van der Waals surface area contributed by atoms with Gasteiger partial charge in [-0.05, 0) is 5.56 Å². The summed E-state index contributed by atoms with van der Waals surface area (Å²) < 4.78 is 0. The molecule has 94 valence electrons. The number of nitriles is 1. The fourth-order valence-electron chi connectivity index (χ4n) is 1.27. The summed E-state index contributed by atoms with van der Waals surface area (Å²) in [5, 5.41) is 14.3. The lowest BCUT2D eigenvalue weighted by molar-refractivity contribution is -0.117. The minimum atomic E-state index is -0.418. The molecule has 0 aliphatic heterocycles. The molecule has 0 aliphatic carbocycles. The van der Waals surface area contributed by atoms with Crippen molar-refractivity contribution in [1.29, 1.82) is 5.26 Å². The molecule has 0 heterocycles. The van der Waals surface area contributed by atoms with Crippen LogP contribution in [0.15, 0.2) is 42.1 Å². The molecule has 1 aromatic carbocycles. The van der Waals surface area contributed by atoms with E-state index in [4.69, 9.17) is 16.9 Å². The number of hydrogen-bond donors (Lipinski definition) is 2. The van der Waals surface area contributed by atoms with Gasteiger partial charge < -0.3 is 10.6 Å². The van der Waals surface area contributed by atoms with Crippen LogP contribution < -0.4 is 10.6 Å². The van der Waals surface area contributed by atoms with Gasteiger partial charge in [0.2, 0.25) is 0 Å². The van der Waals surface area contributed by atoms with Crippen molar-refractivity contribution in [3.05, 3.63) is 47.7 Å². The Morgan fingerprint density at radius 3 is 2.72 bits per heavy atom. The first-order valence-electron chi connectivity index (χ1n) is 5.49. The minimum Gasteiger partial charge on any atom is -0.386 e. The van der Waals surface area contributed by atoms with E-state index >= 15 is 0 Å². The molecule has 4 nitrogen and oxygen atoms in total. The number of carbonyl (C=O) groups excluding carboxylic acids is 1. The summed E-state index contributed by atoms with van der Waals surface area (Å²) in [7, 11) is 0. The van der Waals surface area contributed by atoms with Crippen molar-refractivity contribution < 1.29 is 4.79 Å². The number of halogens is 1. The standard InChI is InChI=1S/C13H14ClN3O/c14-6-7-17-13(18)12(8-15)10-16-9-11-4-2-1-3-5-11/h1-5,10,16H,6-7,9H2,(H,17,18)/b12-10-. The van der Waals surface area contributed by atoms with Gasteiger partial charge in [-0.15, -0.1) is 11.6 Å². The second-order valence-electron chi connectivity index (χ2n) is 3.48. The van der Waals surface area contributed by atoms with E-state index in [9.17, 15) is 4.79 Å². The fraction of sp³-hybridized carbons (Fsp3) is 0.231. The Hall–Kier alpha value is -1.99. The summed E-state index contributed by atoms with van der Waals surface area (Å²) in [6.07, 6.45) is 1.41. The maximum absolute atomic E-state index is 11.5. The van der Waals surface area contributed by atoms with Gasteiger partial charge in [-0.1, -0.05) is 30.3 Å². The van der Waals surface area contributed by atoms with Gasteiger partial charge in [-0.2, -0.15) is 5.26 Å². The highest BCUT2D eigenvalue weighted by Gasteiger charge is 2.06. The molecular formula is C13H14ClN3O. The molecule has 0 bridgehead atoms. The molecule has 0 saturated carbocycles. The van der Waals surface area contributed by atoms with Crippen LogP contribution in [0, 0.1) is 11.3 Å². The van der Waals surface area contributed by atoms with Crippen molar-refractivity contribution >= 4 is 17.5 Å². The van der Waals surface area contributed by atoms with Crippen LogP contribution in [0.2, 0.25) is 0 Å². The number of carbonyl (C=O) groups is 1. The van der Waals surface area contributed by atoms with Gasteiger partial charge in [0.15, 0.2) is 0 Å². The van der Waals surface area contributed by atoms with E-state index in [2.05, 4.69) is 10.6 Å². The van der Waals surface area contributed by atoms with Gasteiger partial charge in [0.1, 0.15) is 11.6 Å². The molecule has 0 fully saturated rings. The molecule has 0 spiro atoms. The van der Waals surface area contributed by atoms with Gasteiger partial charge in [0, 0.05) is 25.2 Å². The monoisotopic (exact) mass is 263 g/mol. The zero-order valence-electron chi connectivity index (χ0n) is 9.82. The minimum absolute atomic E-state index is 0.0380. The van der Waals surface area contributed by atoms with Crippen molar-refractivity contribution in [2.45, 2.75) is 6.54 Å². The van der Waals surface area contributed by atoms with Crippen molar-refractivity contribution in [2.24, 2.45) is 0 Å². The summed E-state index contributed by atoms with van der Waals surface area (Å²) >= 11 is 5.45. The van der Waals surface area contributed by atoms with Crippen molar-refractivity contribution in [3.63, 3.8) is 0 Å². The highest BCUT2D eigenvalue weighted by Crippen LogP contribution is 1.98. The molecule has 0 radical (unpaired) electrons. The highest BCUT2D eigenvalue weighted by atomic mass is 35.5. The Morgan fingerprint density at radius 2 is 2.11 bits per heavy atom. The number of hydrogen-bond acceptors (Lipinski definition) is 3. The Labute approximate surface area is 111 Å². The summed E-state index contributed by atoms with van der Waals surface area (Å²) in [4.78, 5) is 11.5. The van der Waals surface area contributed by atoms with Crippen LogP contribution in [0.5, 0.6) is 0 Å². The van der Waals surface area contributed by atoms with E-state index < -0.39 is 5.91 Å². The van der Waals surface area contributed by atoms with E-state index in [0.29, 0.717) is 19.0 Å². The third-order valence-corrected chi connectivity index (χ3v) is 2.33. The third kappa shape index (κ3) is 4.89. The zero-order valence-corrected chi connectivity index (χ0v) is 10.6. The number of amides is 1. The quantitative estimate of drug-likeness (QED) is 0.465. The van der Waals surface area contributed by atoms with Crippen LogP contribution in [-0.4, -0.2) is 18.3 Å². The van der Waals surface area contributed by atoms with Crippen LogP contribution in [0.25, 0.3) is 0 Å². The predicted molar refractivity (Wildman–Crippen MR) is 70.7 cm³/mol. The number of benzene rings is 1. The van der Waals surface area contributed by atoms with E-state index in [1.54, 1.807) is 0 Å². The van der Waals surface area contributed by atoms with Crippen LogP contribution in [0.4, 0.5) is 0 Å². The topological polar surface area (TPSA) is 64.9 Å². The van der Waals surface area contributed by atoms with E-state index in [1.807, 2.05) is 36.4 Å². The summed E-state index contributed by atoms with van der Waals surface area (Å²) in [6.45, 7) is 0.910. The van der Waals surface area contributed by atoms with Crippen LogP contribution >= 0.6 is 11.6 Å². The molecule has 0 unspecified atom stereocenters. The van der Waals surface area contributed by atoms with Gasteiger partial charge in [-0.3, -0.25) is 4.79 Å². The van der Waals surface area contributed by atoms with E-state index in [-0.39, 0.29) is 5.57 Å².